The van der Waals surface area contributed by atoms with E-state index in [4.69, 9.17) is 42.6 Å². The Morgan fingerprint density at radius 3 is 1.15 bits per heavy atom. The number of halogens is 1. The van der Waals surface area contributed by atoms with E-state index >= 15 is 0 Å². The van der Waals surface area contributed by atoms with Crippen LogP contribution in [0.3, 0.4) is 0 Å². The molecule has 17 nitrogen and oxygen atoms in total. The maximum absolute atomic E-state index is 14.6. The van der Waals surface area contributed by atoms with Gasteiger partial charge in [0.2, 0.25) is 0 Å². The summed E-state index contributed by atoms with van der Waals surface area (Å²) in [4.78, 5) is 99.7. The summed E-state index contributed by atoms with van der Waals surface area (Å²) in [5.74, 6) is -7.51. The topological polar surface area (TPSA) is 223 Å². The van der Waals surface area contributed by atoms with E-state index in [1.54, 1.807) is 140 Å². The van der Waals surface area contributed by atoms with Crippen molar-refractivity contribution in [3.8, 4) is 0 Å². The minimum Gasteiger partial charge on any atom is -0.462 e. The second-order valence-corrected chi connectivity index (χ2v) is 19.7. The summed E-state index contributed by atoms with van der Waals surface area (Å²) in [6.07, 6.45) is -13.1. The first-order chi connectivity index (χ1) is 39.4. The Labute approximate surface area is 473 Å². The van der Waals surface area contributed by atoms with E-state index in [2.05, 4.69) is 15.9 Å². The summed E-state index contributed by atoms with van der Waals surface area (Å²) in [6.45, 7) is -1.19. The Morgan fingerprint density at radius 1 is 0.444 bits per heavy atom. The molecule has 1 aliphatic carbocycles. The molecule has 81 heavy (non-hydrogen) atoms. The smallest absolute Gasteiger partial charge is 0.338 e. The van der Waals surface area contributed by atoms with E-state index in [1.807, 2.05) is 0 Å². The predicted octanol–water partition coefficient (Wildman–Crippen LogP) is 9.43. The molecular formula is C63H53BrO17. The fourth-order valence-corrected chi connectivity index (χ4v) is 9.74. The van der Waals surface area contributed by atoms with Gasteiger partial charge in [0, 0.05) is 5.92 Å². The fraction of sp³-hybridized carbons (Fsp3) is 0.222. The third-order valence-corrected chi connectivity index (χ3v) is 14.1. The van der Waals surface area contributed by atoms with E-state index in [-0.39, 0.29) is 51.8 Å². The summed E-state index contributed by atoms with van der Waals surface area (Å²) in [7, 11) is 0. The normalized spacial score (nSPS) is 21.2. The van der Waals surface area contributed by atoms with Crippen molar-refractivity contribution < 1.29 is 81.3 Å². The van der Waals surface area contributed by atoms with Crippen molar-refractivity contribution in [1.29, 1.82) is 0 Å². The molecule has 1 saturated heterocycles. The van der Waals surface area contributed by atoms with Crippen LogP contribution in [-0.2, 0) is 42.6 Å². The van der Waals surface area contributed by atoms with Crippen LogP contribution < -0.4 is 0 Å². The van der Waals surface area contributed by atoms with Crippen LogP contribution in [-0.4, -0.2) is 114 Å². The van der Waals surface area contributed by atoms with Gasteiger partial charge in [-0.3, -0.25) is 0 Å². The van der Waals surface area contributed by atoms with E-state index < -0.39 is 114 Å². The van der Waals surface area contributed by atoms with Gasteiger partial charge in [0.15, 0.2) is 36.8 Å². The molecule has 1 saturated carbocycles. The predicted molar refractivity (Wildman–Crippen MR) is 292 cm³/mol. The van der Waals surface area contributed by atoms with Crippen molar-refractivity contribution in [2.75, 3.05) is 13.2 Å². The average Bonchev–Trinajstić information content (AvgIpc) is 3.70. The number of aliphatic hydroxyl groups is 1. The Bertz CT molecular complexity index is 3250. The zero-order valence-electron chi connectivity index (χ0n) is 43.1. The third kappa shape index (κ3) is 14.0. The largest absolute Gasteiger partial charge is 0.462 e. The van der Waals surface area contributed by atoms with Crippen LogP contribution in [0, 0.1) is 5.92 Å². The van der Waals surface area contributed by atoms with Crippen LogP contribution in [0.2, 0.25) is 0 Å². The molecule has 0 spiro atoms. The summed E-state index contributed by atoms with van der Waals surface area (Å²) < 4.78 is 57.4. The number of rotatable bonds is 21. The molecule has 2 fully saturated rings. The number of hydrogen-bond donors (Lipinski definition) is 1. The Hall–Kier alpha value is -8.81. The van der Waals surface area contributed by atoms with Crippen LogP contribution in [0.1, 0.15) is 85.3 Å². The van der Waals surface area contributed by atoms with Crippen LogP contribution in [0.5, 0.6) is 0 Å². The first kappa shape index (κ1) is 56.9. The molecule has 0 aromatic heterocycles. The van der Waals surface area contributed by atoms with Crippen molar-refractivity contribution >= 4 is 57.7 Å². The van der Waals surface area contributed by atoms with Gasteiger partial charge in [0.05, 0.1) is 45.6 Å². The maximum atomic E-state index is 14.6. The molecule has 9 rings (SSSR count). The van der Waals surface area contributed by atoms with Crippen LogP contribution in [0.15, 0.2) is 212 Å². The van der Waals surface area contributed by atoms with Crippen molar-refractivity contribution in [1.82, 2.24) is 0 Å². The van der Waals surface area contributed by atoms with E-state index in [0.717, 1.165) is 0 Å². The summed E-state index contributed by atoms with van der Waals surface area (Å²) in [6, 6.07) is 54.9. The Morgan fingerprint density at radius 2 is 0.778 bits per heavy atom. The highest BCUT2D eigenvalue weighted by molar-refractivity contribution is 9.09. The second-order valence-electron chi connectivity index (χ2n) is 18.8. The molecule has 18 heteroatoms. The Balaban J connectivity index is 1.21. The zero-order chi connectivity index (χ0) is 56.7. The molecule has 1 aliphatic heterocycles. The second kappa shape index (κ2) is 26.9. The fourth-order valence-electron chi connectivity index (χ4n) is 9.36. The standard InChI is InChI=1S/C63H53BrO17/c64-54(65)52(79-60(71)45-32-18-6-19-33-45)53(80-61(72)46-34-20-7-21-35-46)63(37-36-47(63)38-73-55(66)40-22-8-1-9-23-40)81-62-51(78-59(70)44-30-16-5-17-31-44)50(77-58(69)43-28-14-4-15-29-43)49(76-57(68)42-26-12-3-13-27-42)48(75-62)39-74-56(67)41-24-10-2-11-25-41/h1-35,47-54,62,65H,36-39H2/t47?,48?,49-,50-,51?,52?,53?,54-,62-,63?/m0/s1. The van der Waals surface area contributed by atoms with Gasteiger partial charge in [-0.05, 0) is 97.8 Å². The number of carbonyl (C=O) groups is 7. The quantitative estimate of drug-likeness (QED) is 0.0402. The minimum absolute atomic E-state index is 0.00940. The number of hydrogen-bond acceptors (Lipinski definition) is 17. The highest BCUT2D eigenvalue weighted by Crippen LogP contribution is 2.50. The lowest BCUT2D eigenvalue weighted by atomic mass is 9.64. The molecule has 0 bridgehead atoms. The molecule has 0 radical (unpaired) electrons. The van der Waals surface area contributed by atoms with Crippen molar-refractivity contribution in [2.24, 2.45) is 5.92 Å². The number of aliphatic hydroxyl groups excluding tert-OH is 1. The average molecular weight is 1160 g/mol. The van der Waals surface area contributed by atoms with Crippen LogP contribution in [0.25, 0.3) is 0 Å². The van der Waals surface area contributed by atoms with Crippen LogP contribution >= 0.6 is 15.9 Å². The van der Waals surface area contributed by atoms with E-state index in [0.29, 0.717) is 0 Å². The zero-order valence-corrected chi connectivity index (χ0v) is 44.7. The van der Waals surface area contributed by atoms with Crippen LogP contribution in [0.4, 0.5) is 0 Å². The van der Waals surface area contributed by atoms with Gasteiger partial charge >= 0.3 is 41.8 Å². The molecule has 0 amide bonds. The summed E-state index contributed by atoms with van der Waals surface area (Å²) >= 11 is 3.21. The third-order valence-electron chi connectivity index (χ3n) is 13.6. The molecular weight excluding hydrogens is 1110 g/mol. The highest BCUT2D eigenvalue weighted by Gasteiger charge is 2.64. The van der Waals surface area contributed by atoms with Gasteiger partial charge < -0.3 is 47.7 Å². The monoisotopic (exact) mass is 1160 g/mol. The van der Waals surface area contributed by atoms with Gasteiger partial charge in [-0.1, -0.05) is 143 Å². The number of carbonyl (C=O) groups excluding carboxylic acids is 7. The molecule has 7 aromatic carbocycles. The Kier molecular flexibility index (Phi) is 18.9. The first-order valence-electron chi connectivity index (χ1n) is 25.8. The first-order valence-corrected chi connectivity index (χ1v) is 26.7. The number of alkyl halides is 1. The van der Waals surface area contributed by atoms with Crippen molar-refractivity contribution in [2.45, 2.75) is 66.4 Å². The van der Waals surface area contributed by atoms with Gasteiger partial charge in [-0.25, -0.2) is 33.6 Å². The number of ether oxygens (including phenoxy) is 9. The summed E-state index contributed by atoms with van der Waals surface area (Å²) in [5.41, 5.74) is -1.62. The van der Waals surface area contributed by atoms with Gasteiger partial charge in [-0.15, -0.1) is 0 Å². The molecule has 10 atom stereocenters. The number of esters is 7. The molecule has 2 aliphatic rings. The number of benzene rings is 7. The summed E-state index contributed by atoms with van der Waals surface area (Å²) in [5, 5.41) is 9.95. The van der Waals surface area contributed by atoms with Crippen molar-refractivity contribution in [3.63, 3.8) is 0 Å². The van der Waals surface area contributed by atoms with Gasteiger partial charge in [0.1, 0.15) is 23.3 Å². The lowest BCUT2D eigenvalue weighted by molar-refractivity contribution is -0.361. The van der Waals surface area contributed by atoms with Gasteiger partial charge in [-0.2, -0.15) is 0 Å². The van der Waals surface area contributed by atoms with Gasteiger partial charge in [0.25, 0.3) is 0 Å². The molecule has 1 N–H and O–H groups in total. The molecule has 1 heterocycles. The van der Waals surface area contributed by atoms with Crippen molar-refractivity contribution in [3.05, 3.63) is 251 Å². The van der Waals surface area contributed by atoms with E-state index in [1.165, 1.54) is 72.8 Å². The lowest BCUT2D eigenvalue weighted by Crippen LogP contribution is -2.70. The molecule has 6 unspecified atom stereocenters. The lowest BCUT2D eigenvalue weighted by Gasteiger charge is -2.56. The highest BCUT2D eigenvalue weighted by atomic mass is 79.9. The van der Waals surface area contributed by atoms with E-state index in [9.17, 15) is 38.7 Å². The molecule has 7 aromatic rings. The SMILES string of the molecule is O=C(OCC1O[C@@H](OC2(C(OC(=O)c3ccccc3)C(OC(=O)c3ccccc3)[C@H](O)Br)CCC2COC(=O)c2ccccc2)C(OC(=O)c2ccccc2)[C@@H](OC(=O)c2ccccc2)[C@H]1OC(=O)c1ccccc1)c1ccccc1. The minimum atomic E-state index is -2.10. The molecule has 414 valence electrons. The maximum Gasteiger partial charge on any atom is 0.338 e.